The second-order valence-corrected chi connectivity index (χ2v) is 4.53. The maximum absolute atomic E-state index is 11.4. The largest absolute Gasteiger partial charge is 0.325 e. The second kappa shape index (κ2) is 4.31. The molecule has 0 amide bonds. The van der Waals surface area contributed by atoms with Crippen LogP contribution in [0.4, 0.5) is 0 Å². The van der Waals surface area contributed by atoms with Gasteiger partial charge in [0.15, 0.2) is 0 Å². The van der Waals surface area contributed by atoms with Crippen LogP contribution in [-0.2, 0) is 6.42 Å². The molecule has 3 nitrogen and oxygen atoms in total. The minimum atomic E-state index is -0.290. The fraction of sp³-hybridized carbons (Fsp3) is 0.500. The van der Waals surface area contributed by atoms with Crippen molar-refractivity contribution in [3.8, 4) is 6.07 Å². The van der Waals surface area contributed by atoms with Crippen molar-refractivity contribution in [2.75, 3.05) is 0 Å². The lowest BCUT2D eigenvalue weighted by molar-refractivity contribution is 0.345. The number of nitrogens with one attached hydrogen (secondary N) is 1. The van der Waals surface area contributed by atoms with Gasteiger partial charge in [0.05, 0.1) is 0 Å². The average molecular weight is 204 g/mol. The van der Waals surface area contributed by atoms with E-state index in [4.69, 9.17) is 5.26 Å². The molecule has 0 radical (unpaired) electrons. The van der Waals surface area contributed by atoms with Gasteiger partial charge in [-0.15, -0.1) is 0 Å². The molecule has 0 bridgehead atoms. The lowest BCUT2D eigenvalue weighted by Gasteiger charge is -2.22. The molecule has 0 aliphatic carbocycles. The Bertz CT molecular complexity index is 438. The molecule has 0 aliphatic rings. The smallest absolute Gasteiger partial charge is 0.266 e. The highest BCUT2D eigenvalue weighted by molar-refractivity contribution is 5.26. The summed E-state index contributed by atoms with van der Waals surface area (Å²) in [6.07, 6.45) is 1.87. The van der Waals surface area contributed by atoms with E-state index in [0.717, 1.165) is 18.5 Å². The van der Waals surface area contributed by atoms with E-state index in [1.54, 1.807) is 6.07 Å². The number of hydrogen-bond donors (Lipinski definition) is 1. The fourth-order valence-corrected chi connectivity index (χ4v) is 1.35. The van der Waals surface area contributed by atoms with E-state index in [1.807, 2.05) is 12.1 Å². The topological polar surface area (TPSA) is 56.6 Å². The molecular weight excluding hydrogens is 188 g/mol. The standard InChI is InChI=1S/C12H16N2O/c1-4-12(2,3)7-10-6-5-9(8-13)11(15)14-10/h5-6H,4,7H2,1-3H3,(H,14,15). The Hall–Kier alpha value is -1.56. The van der Waals surface area contributed by atoms with Crippen molar-refractivity contribution in [1.29, 1.82) is 5.26 Å². The Balaban J connectivity index is 2.96. The van der Waals surface area contributed by atoms with Crippen LogP contribution in [-0.4, -0.2) is 4.98 Å². The Morgan fingerprint density at radius 2 is 2.13 bits per heavy atom. The van der Waals surface area contributed by atoms with E-state index >= 15 is 0 Å². The van der Waals surface area contributed by atoms with Gasteiger partial charge < -0.3 is 4.98 Å². The number of pyridine rings is 1. The van der Waals surface area contributed by atoms with Gasteiger partial charge in [-0.05, 0) is 24.0 Å². The molecule has 1 aromatic rings. The number of nitrogens with zero attached hydrogens (tertiary/aromatic N) is 1. The zero-order chi connectivity index (χ0) is 11.5. The SMILES string of the molecule is CCC(C)(C)Cc1ccc(C#N)c(=O)[nH]1. The Kier molecular flexibility index (Phi) is 3.31. The molecule has 1 heterocycles. The summed E-state index contributed by atoms with van der Waals surface area (Å²) in [6, 6.07) is 5.26. The molecule has 0 saturated carbocycles. The number of aromatic nitrogens is 1. The molecule has 1 rings (SSSR count). The number of hydrogen-bond acceptors (Lipinski definition) is 2. The van der Waals surface area contributed by atoms with Gasteiger partial charge in [-0.25, -0.2) is 0 Å². The Labute approximate surface area is 89.8 Å². The van der Waals surface area contributed by atoms with E-state index in [1.165, 1.54) is 0 Å². The third-order valence-corrected chi connectivity index (χ3v) is 2.72. The molecule has 0 unspecified atom stereocenters. The molecule has 1 aromatic heterocycles. The van der Waals surface area contributed by atoms with E-state index in [-0.39, 0.29) is 16.5 Å². The third kappa shape index (κ3) is 2.95. The van der Waals surface area contributed by atoms with E-state index in [2.05, 4.69) is 25.8 Å². The van der Waals surface area contributed by atoms with E-state index in [9.17, 15) is 4.79 Å². The zero-order valence-corrected chi connectivity index (χ0v) is 9.42. The first-order valence-electron chi connectivity index (χ1n) is 5.11. The predicted molar refractivity (Wildman–Crippen MR) is 59.6 cm³/mol. The van der Waals surface area contributed by atoms with Gasteiger partial charge in [0.2, 0.25) is 0 Å². The van der Waals surface area contributed by atoms with Gasteiger partial charge in [0.1, 0.15) is 11.6 Å². The maximum Gasteiger partial charge on any atom is 0.266 e. The van der Waals surface area contributed by atoms with Gasteiger partial charge >= 0.3 is 0 Å². The molecule has 80 valence electrons. The monoisotopic (exact) mass is 204 g/mol. The van der Waals surface area contributed by atoms with Crippen LogP contribution in [0.2, 0.25) is 0 Å². The third-order valence-electron chi connectivity index (χ3n) is 2.72. The minimum Gasteiger partial charge on any atom is -0.325 e. The van der Waals surface area contributed by atoms with Crippen LogP contribution in [0.15, 0.2) is 16.9 Å². The van der Waals surface area contributed by atoms with Crippen molar-refractivity contribution in [2.24, 2.45) is 5.41 Å². The minimum absolute atomic E-state index is 0.174. The molecule has 3 heteroatoms. The summed E-state index contributed by atoms with van der Waals surface area (Å²) in [6.45, 7) is 6.44. The predicted octanol–water partition coefficient (Wildman–Crippen LogP) is 2.23. The van der Waals surface area contributed by atoms with Crippen molar-refractivity contribution in [1.82, 2.24) is 4.98 Å². The highest BCUT2D eigenvalue weighted by Gasteiger charge is 2.16. The summed E-state index contributed by atoms with van der Waals surface area (Å²) >= 11 is 0. The highest BCUT2D eigenvalue weighted by Crippen LogP contribution is 2.23. The van der Waals surface area contributed by atoms with Gasteiger partial charge in [-0.1, -0.05) is 27.2 Å². The van der Waals surface area contributed by atoms with Crippen molar-refractivity contribution >= 4 is 0 Å². The molecular formula is C12H16N2O. The van der Waals surface area contributed by atoms with Crippen molar-refractivity contribution < 1.29 is 0 Å². The van der Waals surface area contributed by atoms with Crippen LogP contribution in [0, 0.1) is 16.7 Å². The van der Waals surface area contributed by atoms with Crippen LogP contribution >= 0.6 is 0 Å². The summed E-state index contributed by atoms with van der Waals surface area (Å²) in [4.78, 5) is 14.1. The summed E-state index contributed by atoms with van der Waals surface area (Å²) in [5.74, 6) is 0. The van der Waals surface area contributed by atoms with Crippen molar-refractivity contribution in [3.63, 3.8) is 0 Å². The molecule has 0 atom stereocenters. The lowest BCUT2D eigenvalue weighted by Crippen LogP contribution is -2.18. The molecule has 1 N–H and O–H groups in total. The van der Waals surface area contributed by atoms with Crippen LogP contribution < -0.4 is 5.56 Å². The van der Waals surface area contributed by atoms with Crippen molar-refractivity contribution in [3.05, 3.63) is 33.7 Å². The molecule has 0 saturated heterocycles. The van der Waals surface area contributed by atoms with Gasteiger partial charge in [-0.2, -0.15) is 5.26 Å². The van der Waals surface area contributed by atoms with Crippen molar-refractivity contribution in [2.45, 2.75) is 33.6 Å². The lowest BCUT2D eigenvalue weighted by atomic mass is 9.85. The summed E-state index contributed by atoms with van der Waals surface area (Å²) in [5.41, 5.74) is 0.956. The number of nitriles is 1. The molecule has 15 heavy (non-hydrogen) atoms. The summed E-state index contributed by atoms with van der Waals surface area (Å²) in [7, 11) is 0. The maximum atomic E-state index is 11.4. The summed E-state index contributed by atoms with van der Waals surface area (Å²) in [5, 5.41) is 8.62. The Morgan fingerprint density at radius 1 is 1.47 bits per heavy atom. The highest BCUT2D eigenvalue weighted by atomic mass is 16.1. The number of aromatic amines is 1. The quantitative estimate of drug-likeness (QED) is 0.820. The average Bonchev–Trinajstić information content (AvgIpc) is 2.17. The van der Waals surface area contributed by atoms with Crippen LogP contribution in [0.5, 0.6) is 0 Å². The first kappa shape index (κ1) is 11.5. The summed E-state index contributed by atoms with van der Waals surface area (Å²) < 4.78 is 0. The first-order chi connectivity index (χ1) is 6.98. The second-order valence-electron chi connectivity index (χ2n) is 4.53. The fourth-order valence-electron chi connectivity index (χ4n) is 1.35. The molecule has 0 fully saturated rings. The normalized spacial score (nSPS) is 11.1. The van der Waals surface area contributed by atoms with Gasteiger partial charge in [0.25, 0.3) is 5.56 Å². The number of H-pyrrole nitrogens is 1. The first-order valence-corrected chi connectivity index (χ1v) is 5.11. The van der Waals surface area contributed by atoms with Gasteiger partial charge in [0, 0.05) is 5.69 Å². The van der Waals surface area contributed by atoms with E-state index < -0.39 is 0 Å². The molecule has 0 aliphatic heterocycles. The molecule has 0 spiro atoms. The van der Waals surface area contributed by atoms with Gasteiger partial charge in [-0.3, -0.25) is 4.79 Å². The van der Waals surface area contributed by atoms with Crippen LogP contribution in [0.25, 0.3) is 0 Å². The van der Waals surface area contributed by atoms with Crippen LogP contribution in [0.3, 0.4) is 0 Å². The molecule has 0 aromatic carbocycles. The Morgan fingerprint density at radius 3 is 2.60 bits per heavy atom. The van der Waals surface area contributed by atoms with E-state index in [0.29, 0.717) is 0 Å². The van der Waals surface area contributed by atoms with Crippen LogP contribution in [0.1, 0.15) is 38.4 Å². The zero-order valence-electron chi connectivity index (χ0n) is 9.42. The number of rotatable bonds is 3.